The Labute approximate surface area is 121 Å². The van der Waals surface area contributed by atoms with Crippen LogP contribution in [0.3, 0.4) is 0 Å². The minimum Gasteiger partial charge on any atom is -0.469 e. The summed E-state index contributed by atoms with van der Waals surface area (Å²) in [7, 11) is 0. The summed E-state index contributed by atoms with van der Waals surface area (Å²) in [6.07, 6.45) is 2.52. The number of hydrogen-bond acceptors (Lipinski definition) is 5. The zero-order chi connectivity index (χ0) is 13.9. The van der Waals surface area contributed by atoms with Gasteiger partial charge in [-0.1, -0.05) is 48.6 Å². The molecule has 3 aromatic rings. The third kappa shape index (κ3) is 2.37. The largest absolute Gasteiger partial charge is 0.469 e. The van der Waals surface area contributed by atoms with Gasteiger partial charge in [-0.3, -0.25) is 0 Å². The third-order valence-electron chi connectivity index (χ3n) is 3.16. The van der Waals surface area contributed by atoms with Gasteiger partial charge in [0.1, 0.15) is 10.8 Å². The van der Waals surface area contributed by atoms with E-state index in [9.17, 15) is 0 Å². The van der Waals surface area contributed by atoms with Gasteiger partial charge >= 0.3 is 0 Å². The van der Waals surface area contributed by atoms with E-state index in [2.05, 4.69) is 17.1 Å². The Morgan fingerprint density at radius 3 is 2.75 bits per heavy atom. The maximum absolute atomic E-state index is 6.24. The predicted octanol–water partition coefficient (Wildman–Crippen LogP) is 3.41. The molecule has 0 amide bonds. The van der Waals surface area contributed by atoms with Gasteiger partial charge in [-0.2, -0.15) is 0 Å². The molecule has 102 valence electrons. The molecule has 0 aliphatic heterocycles. The number of nitrogens with zero attached hydrogens (tertiary/aromatic N) is 2. The lowest BCUT2D eigenvalue weighted by molar-refractivity contribution is 0.517. The van der Waals surface area contributed by atoms with Crippen LogP contribution in [0.15, 0.2) is 47.1 Å². The summed E-state index contributed by atoms with van der Waals surface area (Å²) in [6, 6.07) is 11.6. The van der Waals surface area contributed by atoms with Crippen molar-refractivity contribution in [2.45, 2.75) is 19.4 Å². The van der Waals surface area contributed by atoms with Gasteiger partial charge in [0.05, 0.1) is 17.9 Å². The predicted molar refractivity (Wildman–Crippen MR) is 79.5 cm³/mol. The summed E-state index contributed by atoms with van der Waals surface area (Å²) in [5, 5.41) is 10.1. The number of aryl methyl sites for hydroxylation is 1. The summed E-state index contributed by atoms with van der Waals surface area (Å²) >= 11 is 1.52. The smallest absolute Gasteiger partial charge is 0.151 e. The fourth-order valence-corrected chi connectivity index (χ4v) is 2.99. The van der Waals surface area contributed by atoms with E-state index in [0.717, 1.165) is 33.3 Å². The van der Waals surface area contributed by atoms with E-state index in [1.807, 2.05) is 36.4 Å². The van der Waals surface area contributed by atoms with Crippen molar-refractivity contribution in [1.82, 2.24) is 10.2 Å². The van der Waals surface area contributed by atoms with Crippen LogP contribution in [0.2, 0.25) is 0 Å². The first-order valence-corrected chi connectivity index (χ1v) is 7.32. The van der Waals surface area contributed by atoms with E-state index in [0.29, 0.717) is 0 Å². The lowest BCUT2D eigenvalue weighted by Gasteiger charge is -2.06. The van der Waals surface area contributed by atoms with Crippen molar-refractivity contribution in [1.29, 1.82) is 0 Å². The van der Waals surface area contributed by atoms with Crippen LogP contribution in [0, 0.1) is 0 Å². The van der Waals surface area contributed by atoms with Gasteiger partial charge in [-0.25, -0.2) is 0 Å². The Hall–Kier alpha value is -1.98. The molecule has 1 atom stereocenters. The SMILES string of the molecule is CCc1occc1-c1nnc(C(N)c2ccccc2)s1. The second-order valence-corrected chi connectivity index (χ2v) is 5.45. The van der Waals surface area contributed by atoms with Gasteiger partial charge in [-0.15, -0.1) is 10.2 Å². The monoisotopic (exact) mass is 285 g/mol. The average Bonchev–Trinajstić information content (AvgIpc) is 3.15. The van der Waals surface area contributed by atoms with Crippen molar-refractivity contribution in [3.63, 3.8) is 0 Å². The first-order chi connectivity index (χ1) is 9.79. The maximum atomic E-state index is 6.24. The first-order valence-electron chi connectivity index (χ1n) is 6.50. The molecule has 0 aliphatic rings. The molecule has 0 spiro atoms. The van der Waals surface area contributed by atoms with Gasteiger partial charge < -0.3 is 10.2 Å². The Balaban J connectivity index is 1.91. The highest BCUT2D eigenvalue weighted by Gasteiger charge is 2.17. The summed E-state index contributed by atoms with van der Waals surface area (Å²) in [6.45, 7) is 2.06. The summed E-state index contributed by atoms with van der Waals surface area (Å²) in [5.74, 6) is 0.931. The third-order valence-corrected chi connectivity index (χ3v) is 4.20. The molecule has 0 bridgehead atoms. The molecule has 5 heteroatoms. The maximum Gasteiger partial charge on any atom is 0.151 e. The second-order valence-electron chi connectivity index (χ2n) is 4.44. The molecule has 0 fully saturated rings. The Morgan fingerprint density at radius 2 is 2.00 bits per heavy atom. The molecule has 0 saturated heterocycles. The number of benzene rings is 1. The standard InChI is InChI=1S/C15H15N3OS/c1-2-12-11(8-9-19-12)14-17-18-15(20-14)13(16)10-6-4-3-5-7-10/h3-9,13H,2,16H2,1H3. The lowest BCUT2D eigenvalue weighted by atomic mass is 10.1. The topological polar surface area (TPSA) is 64.9 Å². The molecular formula is C15H15N3OS. The normalized spacial score (nSPS) is 12.5. The van der Waals surface area contributed by atoms with Crippen LogP contribution in [-0.4, -0.2) is 10.2 Å². The van der Waals surface area contributed by atoms with Crippen LogP contribution in [0.5, 0.6) is 0 Å². The zero-order valence-electron chi connectivity index (χ0n) is 11.1. The van der Waals surface area contributed by atoms with E-state index < -0.39 is 0 Å². The Bertz CT molecular complexity index is 690. The van der Waals surface area contributed by atoms with Crippen molar-refractivity contribution in [3.8, 4) is 10.6 Å². The van der Waals surface area contributed by atoms with E-state index in [-0.39, 0.29) is 6.04 Å². The minimum absolute atomic E-state index is 0.237. The highest BCUT2D eigenvalue weighted by atomic mass is 32.1. The van der Waals surface area contributed by atoms with Crippen LogP contribution in [0.25, 0.3) is 10.6 Å². The van der Waals surface area contributed by atoms with Gasteiger partial charge in [0.15, 0.2) is 5.01 Å². The molecule has 1 unspecified atom stereocenters. The molecule has 2 aromatic heterocycles. The molecule has 2 heterocycles. The number of hydrogen-bond donors (Lipinski definition) is 1. The zero-order valence-corrected chi connectivity index (χ0v) is 11.9. The van der Waals surface area contributed by atoms with Crippen LogP contribution in [-0.2, 0) is 6.42 Å². The van der Waals surface area contributed by atoms with Gasteiger partial charge in [0.2, 0.25) is 0 Å². The van der Waals surface area contributed by atoms with Gasteiger partial charge in [-0.05, 0) is 11.6 Å². The van der Waals surface area contributed by atoms with Crippen molar-refractivity contribution >= 4 is 11.3 Å². The minimum atomic E-state index is -0.237. The molecule has 2 N–H and O–H groups in total. The Kier molecular flexibility index (Phi) is 3.62. The van der Waals surface area contributed by atoms with Crippen LogP contribution < -0.4 is 5.73 Å². The first kappa shape index (κ1) is 13.0. The average molecular weight is 285 g/mol. The lowest BCUT2D eigenvalue weighted by Crippen LogP contribution is -2.11. The fourth-order valence-electron chi connectivity index (χ4n) is 2.08. The molecule has 0 aliphatic carbocycles. The van der Waals surface area contributed by atoms with Gasteiger partial charge in [0.25, 0.3) is 0 Å². The fraction of sp³-hybridized carbons (Fsp3) is 0.200. The second kappa shape index (κ2) is 5.56. The quantitative estimate of drug-likeness (QED) is 0.797. The Morgan fingerprint density at radius 1 is 1.20 bits per heavy atom. The number of furan rings is 1. The van der Waals surface area contributed by atoms with Crippen LogP contribution in [0.1, 0.15) is 29.3 Å². The molecule has 1 aromatic carbocycles. The molecule has 3 rings (SSSR count). The van der Waals surface area contributed by atoms with E-state index in [1.165, 1.54) is 11.3 Å². The summed E-state index contributed by atoms with van der Waals surface area (Å²) < 4.78 is 5.43. The van der Waals surface area contributed by atoms with Crippen molar-refractivity contribution in [2.75, 3.05) is 0 Å². The molecule has 0 radical (unpaired) electrons. The van der Waals surface area contributed by atoms with Gasteiger partial charge in [0, 0.05) is 6.42 Å². The number of aromatic nitrogens is 2. The highest BCUT2D eigenvalue weighted by Crippen LogP contribution is 2.31. The van der Waals surface area contributed by atoms with E-state index in [1.54, 1.807) is 6.26 Å². The molecule has 4 nitrogen and oxygen atoms in total. The summed E-state index contributed by atoms with van der Waals surface area (Å²) in [4.78, 5) is 0. The molecule has 0 saturated carbocycles. The van der Waals surface area contributed by atoms with E-state index >= 15 is 0 Å². The van der Waals surface area contributed by atoms with Crippen molar-refractivity contribution in [2.24, 2.45) is 5.73 Å². The number of nitrogens with two attached hydrogens (primary N) is 1. The molecular weight excluding hydrogens is 270 g/mol. The van der Waals surface area contributed by atoms with Crippen LogP contribution in [0.4, 0.5) is 0 Å². The molecule has 20 heavy (non-hydrogen) atoms. The van der Waals surface area contributed by atoms with Crippen LogP contribution >= 0.6 is 11.3 Å². The highest BCUT2D eigenvalue weighted by molar-refractivity contribution is 7.14. The van der Waals surface area contributed by atoms with Crippen molar-refractivity contribution < 1.29 is 4.42 Å². The number of rotatable bonds is 4. The van der Waals surface area contributed by atoms with Crippen molar-refractivity contribution in [3.05, 3.63) is 59.0 Å². The summed E-state index contributed by atoms with van der Waals surface area (Å²) in [5.41, 5.74) is 8.29. The van der Waals surface area contributed by atoms with E-state index in [4.69, 9.17) is 10.2 Å².